The highest BCUT2D eigenvalue weighted by Gasteiger charge is 2.60. The third-order valence-corrected chi connectivity index (χ3v) is 6.96. The quantitative estimate of drug-likeness (QED) is 0.512. The van der Waals surface area contributed by atoms with E-state index in [0.29, 0.717) is 6.61 Å². The van der Waals surface area contributed by atoms with Gasteiger partial charge in [-0.25, -0.2) is 0 Å². The summed E-state index contributed by atoms with van der Waals surface area (Å²) >= 11 is 0. The van der Waals surface area contributed by atoms with Crippen molar-refractivity contribution in [2.24, 2.45) is 0 Å². The van der Waals surface area contributed by atoms with Crippen molar-refractivity contribution < 1.29 is 28.8 Å². The van der Waals surface area contributed by atoms with Gasteiger partial charge in [-0.2, -0.15) is 0 Å². The Bertz CT molecular complexity index is 1050. The molecule has 178 valence electrons. The Balaban J connectivity index is 1.64. The van der Waals surface area contributed by atoms with E-state index in [4.69, 9.17) is 23.7 Å². The zero-order chi connectivity index (χ0) is 23.8. The lowest BCUT2D eigenvalue weighted by Gasteiger charge is -2.39. The normalized spacial score (nSPS) is 25.9. The average molecular weight is 463 g/mol. The SMILES string of the molecule is COc1ccc(C(OCC23COC(C(C)O2)C3O)(c2ccccc2)c2ccc(OC)cc2)cc1. The Morgan fingerprint density at radius 1 is 0.853 bits per heavy atom. The second-order valence-corrected chi connectivity index (χ2v) is 8.90. The number of aliphatic hydroxyl groups is 1. The van der Waals surface area contributed by atoms with Crippen molar-refractivity contribution >= 4 is 0 Å². The monoisotopic (exact) mass is 462 g/mol. The Morgan fingerprint density at radius 2 is 1.38 bits per heavy atom. The minimum absolute atomic E-state index is 0.155. The van der Waals surface area contributed by atoms with Crippen molar-refractivity contribution in [3.8, 4) is 11.5 Å². The largest absolute Gasteiger partial charge is 0.497 e. The lowest BCUT2D eigenvalue weighted by atomic mass is 9.79. The summed E-state index contributed by atoms with van der Waals surface area (Å²) in [5.41, 5.74) is 0.928. The summed E-state index contributed by atoms with van der Waals surface area (Å²) in [7, 11) is 3.30. The molecular formula is C28H30O6. The van der Waals surface area contributed by atoms with Crippen LogP contribution in [0.15, 0.2) is 78.9 Å². The van der Waals surface area contributed by atoms with Crippen LogP contribution in [0, 0.1) is 0 Å². The van der Waals surface area contributed by atoms with E-state index in [1.165, 1.54) is 0 Å². The van der Waals surface area contributed by atoms with Crippen molar-refractivity contribution in [3.05, 3.63) is 95.6 Å². The first-order valence-electron chi connectivity index (χ1n) is 11.5. The van der Waals surface area contributed by atoms with Gasteiger partial charge < -0.3 is 28.8 Å². The first kappa shape index (κ1) is 22.9. The summed E-state index contributed by atoms with van der Waals surface area (Å²) in [5.74, 6) is 1.52. The van der Waals surface area contributed by atoms with Crippen LogP contribution >= 0.6 is 0 Å². The molecule has 5 rings (SSSR count). The van der Waals surface area contributed by atoms with Crippen LogP contribution in [0.4, 0.5) is 0 Å². The van der Waals surface area contributed by atoms with Crippen LogP contribution in [-0.2, 0) is 19.8 Å². The summed E-state index contributed by atoms with van der Waals surface area (Å²) < 4.78 is 29.7. The topological polar surface area (TPSA) is 66.4 Å². The summed E-state index contributed by atoms with van der Waals surface area (Å²) in [4.78, 5) is 0. The molecule has 0 aliphatic carbocycles. The molecule has 2 bridgehead atoms. The second kappa shape index (κ2) is 9.04. The van der Waals surface area contributed by atoms with Gasteiger partial charge in [-0.15, -0.1) is 0 Å². The van der Waals surface area contributed by atoms with Crippen LogP contribution in [0.2, 0.25) is 0 Å². The van der Waals surface area contributed by atoms with Gasteiger partial charge >= 0.3 is 0 Å². The molecule has 2 aliphatic rings. The van der Waals surface area contributed by atoms with E-state index in [0.717, 1.165) is 28.2 Å². The highest BCUT2D eigenvalue weighted by atomic mass is 16.7. The Kier molecular flexibility index (Phi) is 6.08. The number of rotatable bonds is 8. The predicted octanol–water partition coefficient (Wildman–Crippen LogP) is 3.93. The smallest absolute Gasteiger partial charge is 0.143 e. The summed E-state index contributed by atoms with van der Waals surface area (Å²) in [6.45, 7) is 2.37. The van der Waals surface area contributed by atoms with Gasteiger partial charge in [0.1, 0.15) is 34.9 Å². The molecule has 3 aromatic carbocycles. The summed E-state index contributed by atoms with van der Waals surface area (Å²) in [6.07, 6.45) is -1.28. The maximum atomic E-state index is 10.9. The second-order valence-electron chi connectivity index (χ2n) is 8.90. The lowest BCUT2D eigenvalue weighted by molar-refractivity contribution is -0.178. The molecule has 2 saturated heterocycles. The Morgan fingerprint density at radius 3 is 1.82 bits per heavy atom. The Labute approximate surface area is 200 Å². The third-order valence-electron chi connectivity index (χ3n) is 6.96. The van der Waals surface area contributed by atoms with Gasteiger partial charge in [0.05, 0.1) is 33.5 Å². The molecule has 6 heteroatoms. The van der Waals surface area contributed by atoms with E-state index in [1.807, 2.05) is 73.7 Å². The summed E-state index contributed by atoms with van der Waals surface area (Å²) in [6, 6.07) is 25.8. The van der Waals surface area contributed by atoms with Crippen molar-refractivity contribution in [1.82, 2.24) is 0 Å². The lowest BCUT2D eigenvalue weighted by Crippen LogP contribution is -2.48. The number of hydrogen-bond donors (Lipinski definition) is 1. The number of benzene rings is 3. The zero-order valence-corrected chi connectivity index (χ0v) is 19.6. The van der Waals surface area contributed by atoms with E-state index >= 15 is 0 Å². The van der Waals surface area contributed by atoms with E-state index in [1.54, 1.807) is 14.2 Å². The van der Waals surface area contributed by atoms with Crippen LogP contribution in [0.1, 0.15) is 23.6 Å². The average Bonchev–Trinajstić information content (AvgIpc) is 3.33. The van der Waals surface area contributed by atoms with Gasteiger partial charge in [0.25, 0.3) is 0 Å². The van der Waals surface area contributed by atoms with E-state index in [2.05, 4.69) is 12.1 Å². The van der Waals surface area contributed by atoms with E-state index in [-0.39, 0.29) is 18.8 Å². The molecule has 2 heterocycles. The van der Waals surface area contributed by atoms with Crippen molar-refractivity contribution in [1.29, 1.82) is 0 Å². The highest BCUT2D eigenvalue weighted by Crippen LogP contribution is 2.45. The fourth-order valence-electron chi connectivity index (χ4n) is 5.11. The van der Waals surface area contributed by atoms with Crippen molar-refractivity contribution in [3.63, 3.8) is 0 Å². The highest BCUT2D eigenvalue weighted by molar-refractivity contribution is 5.49. The fraction of sp³-hybridized carbons (Fsp3) is 0.357. The minimum Gasteiger partial charge on any atom is -0.497 e. The molecular weight excluding hydrogens is 432 g/mol. The predicted molar refractivity (Wildman–Crippen MR) is 127 cm³/mol. The third kappa shape index (κ3) is 3.67. The molecule has 2 aliphatic heterocycles. The van der Waals surface area contributed by atoms with Crippen molar-refractivity contribution in [2.75, 3.05) is 27.4 Å². The molecule has 4 atom stereocenters. The molecule has 2 fully saturated rings. The van der Waals surface area contributed by atoms with E-state index < -0.39 is 17.3 Å². The number of aliphatic hydroxyl groups excluding tert-OH is 1. The molecule has 1 N–H and O–H groups in total. The van der Waals surface area contributed by atoms with Crippen LogP contribution < -0.4 is 9.47 Å². The fourth-order valence-corrected chi connectivity index (χ4v) is 5.11. The van der Waals surface area contributed by atoms with Gasteiger partial charge in [0.2, 0.25) is 0 Å². The van der Waals surface area contributed by atoms with E-state index in [9.17, 15) is 5.11 Å². The van der Waals surface area contributed by atoms with Gasteiger partial charge in [-0.1, -0.05) is 54.6 Å². The maximum absolute atomic E-state index is 10.9. The number of fused-ring (bicyclic) bond motifs is 2. The molecule has 0 radical (unpaired) electrons. The molecule has 0 aromatic heterocycles. The van der Waals surface area contributed by atoms with Gasteiger partial charge in [0, 0.05) is 0 Å². The van der Waals surface area contributed by atoms with Gasteiger partial charge in [-0.3, -0.25) is 0 Å². The van der Waals surface area contributed by atoms with Crippen LogP contribution in [0.3, 0.4) is 0 Å². The van der Waals surface area contributed by atoms with Crippen LogP contribution in [0.25, 0.3) is 0 Å². The number of methoxy groups -OCH3 is 2. The van der Waals surface area contributed by atoms with Gasteiger partial charge in [-0.05, 0) is 47.9 Å². The van der Waals surface area contributed by atoms with Crippen LogP contribution in [0.5, 0.6) is 11.5 Å². The van der Waals surface area contributed by atoms with Gasteiger partial charge in [0.15, 0.2) is 0 Å². The molecule has 4 unspecified atom stereocenters. The van der Waals surface area contributed by atoms with Crippen LogP contribution in [-0.4, -0.2) is 56.5 Å². The minimum atomic E-state index is -0.971. The molecule has 0 amide bonds. The zero-order valence-electron chi connectivity index (χ0n) is 19.6. The van der Waals surface area contributed by atoms with Crippen molar-refractivity contribution in [2.45, 2.75) is 36.4 Å². The molecule has 6 nitrogen and oxygen atoms in total. The Hall–Kier alpha value is -2.90. The summed E-state index contributed by atoms with van der Waals surface area (Å²) in [5, 5.41) is 10.9. The number of ether oxygens (including phenoxy) is 5. The maximum Gasteiger partial charge on any atom is 0.143 e. The first-order valence-corrected chi connectivity index (χ1v) is 11.5. The first-order chi connectivity index (χ1) is 16.5. The molecule has 0 spiro atoms. The molecule has 3 aromatic rings. The molecule has 0 saturated carbocycles. The number of hydrogen-bond acceptors (Lipinski definition) is 6. The standard InChI is InChI=1S/C28H30O6/c1-19-25-26(29)27(34-19,17-32-25)18-33-28(20-7-5-4-6-8-20,21-9-13-23(30-2)14-10-21)22-11-15-24(31-3)16-12-22/h4-16,19,25-26,29H,17-18H2,1-3H3. The molecule has 34 heavy (non-hydrogen) atoms.